The van der Waals surface area contributed by atoms with E-state index in [0.717, 1.165) is 38.8 Å². The number of aromatic amines is 2. The lowest BCUT2D eigenvalue weighted by molar-refractivity contribution is 0.0995. The molecule has 3 heterocycles. The van der Waals surface area contributed by atoms with Crippen LogP contribution in [0.2, 0.25) is 0 Å². The largest absolute Gasteiger partial charge is 0.364 e. The van der Waals surface area contributed by atoms with Crippen LogP contribution in [0.15, 0.2) is 54.7 Å². The van der Waals surface area contributed by atoms with Crippen molar-refractivity contribution in [2.75, 3.05) is 17.2 Å². The molecule has 33 heavy (non-hydrogen) atoms. The fraction of sp³-hybridized carbons (Fsp3) is 0.125. The first-order valence-corrected chi connectivity index (χ1v) is 10.5. The third-order valence-corrected chi connectivity index (χ3v) is 5.41. The van der Waals surface area contributed by atoms with Gasteiger partial charge in [0.05, 0.1) is 0 Å². The molecule has 9 heteroatoms. The van der Waals surface area contributed by atoms with Crippen molar-refractivity contribution in [3.05, 3.63) is 77.5 Å². The number of hydrogen-bond donors (Lipinski definition) is 5. The quantitative estimate of drug-likeness (QED) is 0.255. The zero-order chi connectivity index (χ0) is 22.9. The summed E-state index contributed by atoms with van der Waals surface area (Å²) in [5.74, 6) is -0.203. The average molecular weight is 443 g/mol. The number of primary amides is 1. The number of carbonyl (C=O) groups is 1. The van der Waals surface area contributed by atoms with Crippen LogP contribution >= 0.6 is 0 Å². The van der Waals surface area contributed by atoms with Gasteiger partial charge in [0.25, 0.3) is 5.91 Å². The predicted molar refractivity (Wildman–Crippen MR) is 127 cm³/mol. The van der Waals surface area contributed by atoms with Crippen molar-refractivity contribution in [1.29, 1.82) is 0 Å². The summed E-state index contributed by atoms with van der Waals surface area (Å²) in [5.41, 5.74) is 10.4. The summed E-state index contributed by atoms with van der Waals surface area (Å²) >= 11 is 0. The van der Waals surface area contributed by atoms with Crippen molar-refractivity contribution in [3.63, 3.8) is 0 Å². The number of anilines is 3. The minimum atomic E-state index is -0.646. The molecule has 0 fully saturated rings. The van der Waals surface area contributed by atoms with Gasteiger partial charge in [0.15, 0.2) is 0 Å². The number of halogens is 1. The monoisotopic (exact) mass is 443 g/mol. The zero-order valence-electron chi connectivity index (χ0n) is 17.9. The number of rotatable bonds is 7. The molecule has 166 valence electrons. The maximum Gasteiger partial charge on any atom is 0.267 e. The zero-order valence-corrected chi connectivity index (χ0v) is 17.9. The molecule has 0 aliphatic rings. The van der Waals surface area contributed by atoms with E-state index < -0.39 is 5.91 Å². The number of H-pyrrole nitrogens is 2. The highest BCUT2D eigenvalue weighted by atomic mass is 19.1. The van der Waals surface area contributed by atoms with Gasteiger partial charge < -0.3 is 26.3 Å². The molecular weight excluding hydrogens is 421 g/mol. The van der Waals surface area contributed by atoms with Crippen molar-refractivity contribution in [1.82, 2.24) is 19.9 Å². The van der Waals surface area contributed by atoms with Crippen LogP contribution in [-0.2, 0) is 6.42 Å². The van der Waals surface area contributed by atoms with E-state index in [-0.39, 0.29) is 17.5 Å². The lowest BCUT2D eigenvalue weighted by Crippen LogP contribution is -2.17. The van der Waals surface area contributed by atoms with Gasteiger partial charge in [-0.15, -0.1) is 0 Å². The Hall–Kier alpha value is -4.40. The maximum atomic E-state index is 13.6. The van der Waals surface area contributed by atoms with E-state index in [1.165, 1.54) is 18.2 Å². The Balaban J connectivity index is 1.34. The van der Waals surface area contributed by atoms with Crippen LogP contribution < -0.4 is 16.4 Å². The number of fused-ring (bicyclic) bond motifs is 2. The second-order valence-corrected chi connectivity index (χ2v) is 7.89. The molecule has 0 radical (unpaired) electrons. The smallest absolute Gasteiger partial charge is 0.267 e. The van der Waals surface area contributed by atoms with E-state index in [2.05, 4.69) is 36.6 Å². The summed E-state index contributed by atoms with van der Waals surface area (Å²) in [6, 6.07) is 14.1. The molecule has 0 bridgehead atoms. The van der Waals surface area contributed by atoms with Crippen molar-refractivity contribution in [2.24, 2.45) is 5.73 Å². The molecule has 5 aromatic rings. The second-order valence-electron chi connectivity index (χ2n) is 7.89. The molecule has 0 atom stereocenters. The normalized spacial score (nSPS) is 11.2. The second kappa shape index (κ2) is 8.27. The Bertz CT molecular complexity index is 1490. The number of aromatic nitrogens is 4. The summed E-state index contributed by atoms with van der Waals surface area (Å²) in [6.45, 7) is 2.49. The molecule has 0 aliphatic carbocycles. The molecule has 0 aliphatic heterocycles. The minimum Gasteiger partial charge on any atom is -0.364 e. The molecule has 5 rings (SSSR count). The van der Waals surface area contributed by atoms with E-state index >= 15 is 0 Å². The number of carbonyl (C=O) groups excluding carboxylic acids is 1. The highest BCUT2D eigenvalue weighted by Crippen LogP contribution is 2.23. The average Bonchev–Trinajstić information content (AvgIpc) is 3.35. The van der Waals surface area contributed by atoms with Gasteiger partial charge in [0, 0.05) is 52.0 Å². The Morgan fingerprint density at radius 3 is 2.79 bits per heavy atom. The first-order valence-electron chi connectivity index (χ1n) is 10.5. The fourth-order valence-corrected chi connectivity index (χ4v) is 3.89. The van der Waals surface area contributed by atoms with Crippen LogP contribution in [0.5, 0.6) is 0 Å². The third-order valence-electron chi connectivity index (χ3n) is 5.41. The molecule has 2 aromatic carbocycles. The third kappa shape index (κ3) is 4.33. The van der Waals surface area contributed by atoms with Crippen LogP contribution in [0, 0.1) is 12.7 Å². The summed E-state index contributed by atoms with van der Waals surface area (Å²) in [6.07, 6.45) is 2.47. The van der Waals surface area contributed by atoms with Gasteiger partial charge in [-0.3, -0.25) is 4.79 Å². The van der Waals surface area contributed by atoms with E-state index in [1.807, 2.05) is 31.3 Å². The maximum absolute atomic E-state index is 13.6. The molecule has 0 spiro atoms. The van der Waals surface area contributed by atoms with Crippen molar-refractivity contribution < 1.29 is 9.18 Å². The van der Waals surface area contributed by atoms with Gasteiger partial charge in [-0.05, 0) is 61.4 Å². The van der Waals surface area contributed by atoms with Gasteiger partial charge in [-0.25, -0.2) is 9.37 Å². The van der Waals surface area contributed by atoms with Gasteiger partial charge >= 0.3 is 0 Å². The van der Waals surface area contributed by atoms with E-state index in [0.29, 0.717) is 18.8 Å². The van der Waals surface area contributed by atoms with E-state index in [1.54, 1.807) is 6.07 Å². The van der Waals surface area contributed by atoms with Crippen LogP contribution in [0.4, 0.5) is 21.8 Å². The van der Waals surface area contributed by atoms with Crippen LogP contribution in [0.1, 0.15) is 21.7 Å². The number of amides is 1. The van der Waals surface area contributed by atoms with Crippen molar-refractivity contribution >= 4 is 45.2 Å². The van der Waals surface area contributed by atoms with Crippen LogP contribution in [0.25, 0.3) is 21.8 Å². The van der Waals surface area contributed by atoms with E-state index in [4.69, 9.17) is 5.73 Å². The Morgan fingerprint density at radius 2 is 1.94 bits per heavy atom. The Labute approximate surface area is 188 Å². The number of nitrogens with two attached hydrogens (primary N) is 1. The summed E-state index contributed by atoms with van der Waals surface area (Å²) in [7, 11) is 0. The number of benzene rings is 2. The number of hydrogen-bond acceptors (Lipinski definition) is 5. The minimum absolute atomic E-state index is 0.0998. The molecular formula is C24H22FN7O. The van der Waals surface area contributed by atoms with Gasteiger partial charge in [-0.2, -0.15) is 4.98 Å². The van der Waals surface area contributed by atoms with Gasteiger partial charge in [0.1, 0.15) is 17.3 Å². The highest BCUT2D eigenvalue weighted by molar-refractivity contribution is 5.92. The lowest BCUT2D eigenvalue weighted by atomic mass is 10.1. The molecule has 0 unspecified atom stereocenters. The summed E-state index contributed by atoms with van der Waals surface area (Å²) < 4.78 is 13.6. The highest BCUT2D eigenvalue weighted by Gasteiger charge is 2.11. The molecule has 0 saturated heterocycles. The first-order chi connectivity index (χ1) is 15.9. The number of nitrogens with one attached hydrogen (secondary N) is 4. The predicted octanol–water partition coefficient (Wildman–Crippen LogP) is 4.38. The molecule has 0 saturated carbocycles. The SMILES string of the molecule is Cc1cc2cc(Nc3cc(C(N)=O)nc(NCCc4c[nH]c5ccc(F)cc45)n3)ccc2[nH]1. The summed E-state index contributed by atoms with van der Waals surface area (Å²) in [4.78, 5) is 26.9. The van der Waals surface area contributed by atoms with Crippen molar-refractivity contribution in [3.8, 4) is 0 Å². The molecule has 1 amide bonds. The van der Waals surface area contributed by atoms with Gasteiger partial charge in [0.2, 0.25) is 5.95 Å². The van der Waals surface area contributed by atoms with Gasteiger partial charge in [-0.1, -0.05) is 0 Å². The van der Waals surface area contributed by atoms with Crippen LogP contribution in [-0.4, -0.2) is 32.4 Å². The fourth-order valence-electron chi connectivity index (χ4n) is 3.89. The molecule has 6 N–H and O–H groups in total. The standard InChI is InChI=1S/C24H22FN7O/c1-13-8-15-9-17(3-5-19(15)29-13)30-22-11-21(23(26)33)31-24(32-22)27-7-6-14-12-28-20-4-2-16(25)10-18(14)20/h2-5,8-12,28-29H,6-7H2,1H3,(H2,26,33)(H2,27,30,31,32). The van der Waals surface area contributed by atoms with Crippen molar-refractivity contribution in [2.45, 2.75) is 13.3 Å². The number of nitrogens with zero attached hydrogens (tertiary/aromatic N) is 2. The summed E-state index contributed by atoms with van der Waals surface area (Å²) in [5, 5.41) is 8.25. The van der Waals surface area contributed by atoms with Crippen LogP contribution in [0.3, 0.4) is 0 Å². The Morgan fingerprint density at radius 1 is 1.09 bits per heavy atom. The van der Waals surface area contributed by atoms with E-state index in [9.17, 15) is 9.18 Å². The lowest BCUT2D eigenvalue weighted by Gasteiger charge is -2.10. The topological polar surface area (TPSA) is 125 Å². The molecule has 3 aromatic heterocycles. The first kappa shape index (κ1) is 20.5. The molecule has 8 nitrogen and oxygen atoms in total. The Kier molecular flexibility index (Phi) is 5.14. The number of aryl methyl sites for hydroxylation is 1.